The maximum atomic E-state index is 13.3. The second kappa shape index (κ2) is 9.88. The SMILES string of the molecule is CCN(CC1CCCN(CCc2cccc(F)c2)C1)C(=O)CN(C)C. The fourth-order valence-corrected chi connectivity index (χ4v) is 3.57. The molecule has 1 unspecified atom stereocenters. The van der Waals surface area contributed by atoms with Crippen LogP contribution in [0.5, 0.6) is 0 Å². The van der Waals surface area contributed by atoms with Crippen LogP contribution in [0.4, 0.5) is 4.39 Å². The van der Waals surface area contributed by atoms with E-state index in [4.69, 9.17) is 0 Å². The molecule has 1 atom stereocenters. The van der Waals surface area contributed by atoms with E-state index in [0.29, 0.717) is 12.5 Å². The lowest BCUT2D eigenvalue weighted by Crippen LogP contribution is -2.45. The number of halogens is 1. The molecule has 1 aromatic carbocycles. The Morgan fingerprint density at radius 2 is 2.16 bits per heavy atom. The van der Waals surface area contributed by atoms with Crippen molar-refractivity contribution >= 4 is 5.91 Å². The number of carbonyl (C=O) groups excluding carboxylic acids is 1. The van der Waals surface area contributed by atoms with Crippen LogP contribution in [-0.4, -0.2) is 74.0 Å². The molecule has 0 aliphatic carbocycles. The maximum Gasteiger partial charge on any atom is 0.236 e. The summed E-state index contributed by atoms with van der Waals surface area (Å²) in [6, 6.07) is 6.88. The van der Waals surface area contributed by atoms with E-state index in [-0.39, 0.29) is 11.7 Å². The predicted molar refractivity (Wildman–Crippen MR) is 100 cm³/mol. The van der Waals surface area contributed by atoms with E-state index in [2.05, 4.69) is 11.8 Å². The minimum Gasteiger partial charge on any atom is -0.342 e. The lowest BCUT2D eigenvalue weighted by Gasteiger charge is -2.35. The van der Waals surface area contributed by atoms with Gasteiger partial charge in [0, 0.05) is 26.2 Å². The highest BCUT2D eigenvalue weighted by molar-refractivity contribution is 5.78. The van der Waals surface area contributed by atoms with E-state index >= 15 is 0 Å². The number of hydrogen-bond donors (Lipinski definition) is 0. The van der Waals surface area contributed by atoms with Gasteiger partial charge in [-0.25, -0.2) is 4.39 Å². The van der Waals surface area contributed by atoms with Crippen molar-refractivity contribution in [2.24, 2.45) is 5.92 Å². The third-order valence-electron chi connectivity index (χ3n) is 4.87. The normalized spacial score (nSPS) is 18.5. The third kappa shape index (κ3) is 6.75. The number of likely N-dealkylation sites (tertiary alicyclic amines) is 1. The van der Waals surface area contributed by atoms with Crippen molar-refractivity contribution in [1.29, 1.82) is 0 Å². The fraction of sp³-hybridized carbons (Fsp3) is 0.650. The predicted octanol–water partition coefficient (Wildman–Crippen LogP) is 2.49. The molecule has 1 heterocycles. The van der Waals surface area contributed by atoms with Gasteiger partial charge >= 0.3 is 0 Å². The summed E-state index contributed by atoms with van der Waals surface area (Å²) in [5.74, 6) is 0.587. The van der Waals surface area contributed by atoms with Crippen LogP contribution in [0.25, 0.3) is 0 Å². The molecular weight excluding hydrogens is 317 g/mol. The van der Waals surface area contributed by atoms with E-state index in [1.165, 1.54) is 18.9 Å². The van der Waals surface area contributed by atoms with Crippen LogP contribution in [0.2, 0.25) is 0 Å². The smallest absolute Gasteiger partial charge is 0.236 e. The summed E-state index contributed by atoms with van der Waals surface area (Å²) in [5.41, 5.74) is 1.05. The zero-order valence-electron chi connectivity index (χ0n) is 15.9. The van der Waals surface area contributed by atoms with Gasteiger partial charge in [0.15, 0.2) is 0 Å². The van der Waals surface area contributed by atoms with Crippen LogP contribution in [0.15, 0.2) is 24.3 Å². The number of amides is 1. The largest absolute Gasteiger partial charge is 0.342 e. The van der Waals surface area contributed by atoms with Crippen LogP contribution >= 0.6 is 0 Å². The minimum atomic E-state index is -0.160. The summed E-state index contributed by atoms with van der Waals surface area (Å²) in [5, 5.41) is 0. The minimum absolute atomic E-state index is 0.160. The van der Waals surface area contributed by atoms with Gasteiger partial charge in [0.05, 0.1) is 6.54 Å². The summed E-state index contributed by atoms with van der Waals surface area (Å²) in [6.07, 6.45) is 3.23. The summed E-state index contributed by atoms with van der Waals surface area (Å²) in [6.45, 7) is 7.23. The van der Waals surface area contributed by atoms with Crippen LogP contribution in [0, 0.1) is 11.7 Å². The van der Waals surface area contributed by atoms with E-state index in [1.54, 1.807) is 12.1 Å². The highest BCUT2D eigenvalue weighted by Crippen LogP contribution is 2.18. The number of carbonyl (C=O) groups is 1. The van der Waals surface area contributed by atoms with E-state index in [9.17, 15) is 9.18 Å². The Morgan fingerprint density at radius 1 is 1.36 bits per heavy atom. The Morgan fingerprint density at radius 3 is 2.84 bits per heavy atom. The fourth-order valence-electron chi connectivity index (χ4n) is 3.57. The van der Waals surface area contributed by atoms with Gasteiger partial charge in [0.1, 0.15) is 5.82 Å². The summed E-state index contributed by atoms with van der Waals surface area (Å²) in [4.78, 5) is 18.7. The van der Waals surface area contributed by atoms with Gasteiger partial charge in [-0.05, 0) is 70.4 Å². The topological polar surface area (TPSA) is 26.8 Å². The molecule has 0 radical (unpaired) electrons. The van der Waals surface area contributed by atoms with Crippen molar-refractivity contribution in [3.05, 3.63) is 35.6 Å². The molecule has 1 aliphatic rings. The van der Waals surface area contributed by atoms with Crippen LogP contribution in [-0.2, 0) is 11.2 Å². The van der Waals surface area contributed by atoms with E-state index in [1.807, 2.05) is 30.0 Å². The first-order chi connectivity index (χ1) is 12.0. The van der Waals surface area contributed by atoms with Crippen molar-refractivity contribution < 1.29 is 9.18 Å². The molecule has 0 bridgehead atoms. The molecule has 1 aromatic rings. The Hall–Kier alpha value is -1.46. The van der Waals surface area contributed by atoms with Gasteiger partial charge < -0.3 is 14.7 Å². The third-order valence-corrected chi connectivity index (χ3v) is 4.87. The molecule has 1 aliphatic heterocycles. The lowest BCUT2D eigenvalue weighted by molar-refractivity contribution is -0.132. The molecular formula is C20H32FN3O. The van der Waals surface area contributed by atoms with Crippen molar-refractivity contribution in [2.45, 2.75) is 26.2 Å². The van der Waals surface area contributed by atoms with Crippen LogP contribution in [0.1, 0.15) is 25.3 Å². The van der Waals surface area contributed by atoms with Gasteiger partial charge in [-0.2, -0.15) is 0 Å². The molecule has 0 N–H and O–H groups in total. The van der Waals surface area contributed by atoms with Crippen molar-refractivity contribution in [2.75, 3.05) is 53.4 Å². The van der Waals surface area contributed by atoms with Crippen molar-refractivity contribution in [3.8, 4) is 0 Å². The highest BCUT2D eigenvalue weighted by atomic mass is 19.1. The average molecular weight is 349 g/mol. The Labute approximate surface area is 151 Å². The van der Waals surface area contributed by atoms with Gasteiger partial charge in [-0.3, -0.25) is 4.79 Å². The number of benzene rings is 1. The Balaban J connectivity index is 1.82. The van der Waals surface area contributed by atoms with Crippen LogP contribution < -0.4 is 0 Å². The molecule has 4 nitrogen and oxygen atoms in total. The number of piperidine rings is 1. The number of nitrogens with zero attached hydrogens (tertiary/aromatic N) is 3. The molecule has 1 saturated heterocycles. The second-order valence-corrected chi connectivity index (χ2v) is 7.36. The molecule has 0 saturated carbocycles. The molecule has 0 spiro atoms. The Kier molecular flexibility index (Phi) is 7.85. The standard InChI is InChI=1S/C20H32FN3O/c1-4-24(20(25)16-22(2)3)15-18-8-6-11-23(14-18)12-10-17-7-5-9-19(21)13-17/h5,7,9,13,18H,4,6,8,10-12,14-16H2,1-3H3. The molecule has 140 valence electrons. The second-order valence-electron chi connectivity index (χ2n) is 7.36. The molecule has 2 rings (SSSR count). The summed E-state index contributed by atoms with van der Waals surface area (Å²) >= 11 is 0. The molecule has 1 amide bonds. The van der Waals surface area contributed by atoms with Crippen molar-refractivity contribution in [1.82, 2.24) is 14.7 Å². The van der Waals surface area contributed by atoms with Gasteiger partial charge in [-0.15, -0.1) is 0 Å². The number of rotatable bonds is 8. The van der Waals surface area contributed by atoms with Gasteiger partial charge in [0.25, 0.3) is 0 Å². The average Bonchev–Trinajstić information content (AvgIpc) is 2.57. The summed E-state index contributed by atoms with van der Waals surface area (Å²) in [7, 11) is 3.86. The molecule has 1 fully saturated rings. The van der Waals surface area contributed by atoms with Gasteiger partial charge in [-0.1, -0.05) is 12.1 Å². The zero-order valence-corrected chi connectivity index (χ0v) is 15.9. The van der Waals surface area contributed by atoms with Crippen LogP contribution in [0.3, 0.4) is 0 Å². The number of likely N-dealkylation sites (N-methyl/N-ethyl adjacent to an activating group) is 2. The first-order valence-corrected chi connectivity index (χ1v) is 9.37. The number of hydrogen-bond acceptors (Lipinski definition) is 3. The maximum absolute atomic E-state index is 13.3. The van der Waals surface area contributed by atoms with Gasteiger partial charge in [0.2, 0.25) is 5.91 Å². The zero-order chi connectivity index (χ0) is 18.2. The lowest BCUT2D eigenvalue weighted by atomic mass is 9.96. The first-order valence-electron chi connectivity index (χ1n) is 9.37. The highest BCUT2D eigenvalue weighted by Gasteiger charge is 2.23. The molecule has 5 heteroatoms. The Bertz CT molecular complexity index is 549. The molecule has 25 heavy (non-hydrogen) atoms. The molecule has 0 aromatic heterocycles. The van der Waals surface area contributed by atoms with E-state index < -0.39 is 0 Å². The first kappa shape index (κ1) is 19.9. The summed E-state index contributed by atoms with van der Waals surface area (Å²) < 4.78 is 13.3. The quantitative estimate of drug-likeness (QED) is 0.721. The van der Waals surface area contributed by atoms with Crippen molar-refractivity contribution in [3.63, 3.8) is 0 Å². The van der Waals surface area contributed by atoms with E-state index in [0.717, 1.165) is 44.7 Å². The monoisotopic (exact) mass is 349 g/mol.